The second-order valence-electron chi connectivity index (χ2n) is 5.12. The predicted octanol–water partition coefficient (Wildman–Crippen LogP) is 0.158. The number of amides is 1. The van der Waals surface area contributed by atoms with Gasteiger partial charge in [0, 0.05) is 13.2 Å². The lowest BCUT2D eigenvalue weighted by molar-refractivity contribution is 0.0898. The standard InChI is InChI=1S/C12H22N4O4S/c1-8(2)4-6-20-7-5-14-12(17)10-11(21(13,18)19)9(3)15-16-10/h8H,4-7H2,1-3H3,(H,14,17)(H,15,16)(H2,13,18,19). The van der Waals surface area contributed by atoms with Gasteiger partial charge in [0.05, 0.1) is 12.3 Å². The molecule has 8 nitrogen and oxygen atoms in total. The molecule has 4 N–H and O–H groups in total. The van der Waals surface area contributed by atoms with Crippen LogP contribution in [0.1, 0.15) is 36.5 Å². The number of sulfonamides is 1. The van der Waals surface area contributed by atoms with Crippen molar-refractivity contribution in [3.8, 4) is 0 Å². The van der Waals surface area contributed by atoms with Crippen molar-refractivity contribution in [2.45, 2.75) is 32.1 Å². The zero-order valence-electron chi connectivity index (χ0n) is 12.5. The third-order valence-electron chi connectivity index (χ3n) is 2.76. The van der Waals surface area contributed by atoms with Crippen molar-refractivity contribution in [3.63, 3.8) is 0 Å². The minimum Gasteiger partial charge on any atom is -0.380 e. The van der Waals surface area contributed by atoms with Crippen LogP contribution in [0.5, 0.6) is 0 Å². The maximum Gasteiger partial charge on any atom is 0.273 e. The number of carbonyl (C=O) groups is 1. The summed E-state index contributed by atoms with van der Waals surface area (Å²) in [6, 6.07) is 0. The zero-order valence-corrected chi connectivity index (χ0v) is 13.3. The topological polar surface area (TPSA) is 127 Å². The van der Waals surface area contributed by atoms with Gasteiger partial charge in [-0.15, -0.1) is 0 Å². The fraction of sp³-hybridized carbons (Fsp3) is 0.667. The van der Waals surface area contributed by atoms with Gasteiger partial charge in [0.25, 0.3) is 5.91 Å². The monoisotopic (exact) mass is 318 g/mol. The maximum absolute atomic E-state index is 11.9. The van der Waals surface area contributed by atoms with Crippen LogP contribution in [0.4, 0.5) is 0 Å². The number of aryl methyl sites for hydroxylation is 1. The highest BCUT2D eigenvalue weighted by Crippen LogP contribution is 2.15. The number of aromatic amines is 1. The van der Waals surface area contributed by atoms with Gasteiger partial charge < -0.3 is 10.1 Å². The van der Waals surface area contributed by atoms with Crippen LogP contribution < -0.4 is 10.5 Å². The van der Waals surface area contributed by atoms with E-state index in [1.54, 1.807) is 0 Å². The summed E-state index contributed by atoms with van der Waals surface area (Å²) in [5, 5.41) is 13.7. The highest BCUT2D eigenvalue weighted by atomic mass is 32.2. The Balaban J connectivity index is 2.51. The molecule has 1 heterocycles. The molecule has 0 fully saturated rings. The average molecular weight is 318 g/mol. The van der Waals surface area contributed by atoms with Crippen molar-refractivity contribution in [2.24, 2.45) is 11.1 Å². The highest BCUT2D eigenvalue weighted by molar-refractivity contribution is 7.89. The van der Waals surface area contributed by atoms with E-state index < -0.39 is 15.9 Å². The quantitative estimate of drug-likeness (QED) is 0.588. The van der Waals surface area contributed by atoms with E-state index in [1.807, 2.05) is 0 Å². The van der Waals surface area contributed by atoms with Gasteiger partial charge >= 0.3 is 0 Å². The minimum absolute atomic E-state index is 0.225. The van der Waals surface area contributed by atoms with Crippen molar-refractivity contribution in [3.05, 3.63) is 11.4 Å². The first-order chi connectivity index (χ1) is 9.73. The van der Waals surface area contributed by atoms with Gasteiger partial charge in [-0.3, -0.25) is 9.89 Å². The third kappa shape index (κ3) is 5.44. The van der Waals surface area contributed by atoms with E-state index in [2.05, 4.69) is 29.4 Å². The molecule has 0 radical (unpaired) electrons. The number of aromatic nitrogens is 2. The number of nitrogens with one attached hydrogen (secondary N) is 2. The molecular formula is C12H22N4O4S. The SMILES string of the molecule is Cc1[nH]nc(C(=O)NCCOCCC(C)C)c1S(N)(=O)=O. The van der Waals surface area contributed by atoms with Crippen LogP contribution in [0.15, 0.2) is 4.90 Å². The number of hydrogen-bond acceptors (Lipinski definition) is 5. The Morgan fingerprint density at radius 1 is 1.43 bits per heavy atom. The minimum atomic E-state index is -4.00. The number of primary sulfonamides is 1. The van der Waals surface area contributed by atoms with Crippen LogP contribution >= 0.6 is 0 Å². The van der Waals surface area contributed by atoms with Gasteiger partial charge in [0.2, 0.25) is 10.0 Å². The Bertz CT molecular complexity index is 580. The molecule has 1 amide bonds. The number of ether oxygens (including phenoxy) is 1. The molecule has 0 aliphatic heterocycles. The van der Waals surface area contributed by atoms with Crippen LogP contribution in [0, 0.1) is 12.8 Å². The van der Waals surface area contributed by atoms with E-state index in [-0.39, 0.29) is 22.8 Å². The number of H-pyrrole nitrogens is 1. The first kappa shape index (κ1) is 17.6. The molecule has 1 aromatic heterocycles. The predicted molar refractivity (Wildman–Crippen MR) is 77.3 cm³/mol. The zero-order chi connectivity index (χ0) is 16.0. The highest BCUT2D eigenvalue weighted by Gasteiger charge is 2.25. The van der Waals surface area contributed by atoms with Gasteiger partial charge in [-0.05, 0) is 19.3 Å². The van der Waals surface area contributed by atoms with E-state index in [1.165, 1.54) is 6.92 Å². The molecule has 0 bridgehead atoms. The molecule has 0 saturated carbocycles. The Kier molecular flexibility index (Phi) is 6.31. The van der Waals surface area contributed by atoms with Crippen LogP contribution in [0.25, 0.3) is 0 Å². The van der Waals surface area contributed by atoms with Gasteiger partial charge in [-0.1, -0.05) is 13.8 Å². The molecule has 0 saturated heterocycles. The van der Waals surface area contributed by atoms with Gasteiger partial charge in [-0.25, -0.2) is 13.6 Å². The molecule has 21 heavy (non-hydrogen) atoms. The van der Waals surface area contributed by atoms with Gasteiger partial charge in [-0.2, -0.15) is 5.10 Å². The Morgan fingerprint density at radius 3 is 2.67 bits per heavy atom. The molecule has 9 heteroatoms. The summed E-state index contributed by atoms with van der Waals surface area (Å²) in [5.74, 6) is -0.0419. The smallest absolute Gasteiger partial charge is 0.273 e. The van der Waals surface area contributed by atoms with E-state index in [0.717, 1.165) is 6.42 Å². The van der Waals surface area contributed by atoms with Crippen LogP contribution in [-0.4, -0.2) is 44.3 Å². The number of carbonyl (C=O) groups excluding carboxylic acids is 1. The third-order valence-corrected chi connectivity index (χ3v) is 3.83. The molecule has 120 valence electrons. The maximum atomic E-state index is 11.9. The summed E-state index contributed by atoms with van der Waals surface area (Å²) >= 11 is 0. The number of nitrogens with two attached hydrogens (primary N) is 1. The lowest BCUT2D eigenvalue weighted by Gasteiger charge is -2.07. The van der Waals surface area contributed by atoms with Crippen LogP contribution in [0.3, 0.4) is 0 Å². The van der Waals surface area contributed by atoms with E-state index in [9.17, 15) is 13.2 Å². The summed E-state index contributed by atoms with van der Waals surface area (Å²) < 4.78 is 28.2. The Hall–Kier alpha value is -1.45. The Morgan fingerprint density at radius 2 is 2.10 bits per heavy atom. The molecule has 1 aromatic rings. The van der Waals surface area contributed by atoms with Crippen molar-refractivity contribution >= 4 is 15.9 Å². The number of rotatable bonds is 8. The summed E-state index contributed by atoms with van der Waals surface area (Å²) in [5.41, 5.74) is 0.00742. The first-order valence-corrected chi connectivity index (χ1v) is 8.21. The van der Waals surface area contributed by atoms with E-state index in [4.69, 9.17) is 9.88 Å². The summed E-state index contributed by atoms with van der Waals surface area (Å²) in [6.45, 7) is 6.93. The second-order valence-corrected chi connectivity index (χ2v) is 6.62. The van der Waals surface area contributed by atoms with Gasteiger partial charge in [0.15, 0.2) is 5.69 Å². The summed E-state index contributed by atoms with van der Waals surface area (Å²) in [4.78, 5) is 11.6. The first-order valence-electron chi connectivity index (χ1n) is 6.67. The van der Waals surface area contributed by atoms with Crippen molar-refractivity contribution in [1.82, 2.24) is 15.5 Å². The molecule has 0 atom stereocenters. The summed E-state index contributed by atoms with van der Waals surface area (Å²) in [6.07, 6.45) is 0.947. The van der Waals surface area contributed by atoms with Crippen molar-refractivity contribution in [2.75, 3.05) is 19.8 Å². The molecule has 0 unspecified atom stereocenters. The van der Waals surface area contributed by atoms with Crippen LogP contribution in [0.2, 0.25) is 0 Å². The van der Waals surface area contributed by atoms with Crippen molar-refractivity contribution in [1.29, 1.82) is 0 Å². The fourth-order valence-corrected chi connectivity index (χ4v) is 2.54. The molecule has 0 aliphatic carbocycles. The van der Waals surface area contributed by atoms with Gasteiger partial charge in [0.1, 0.15) is 4.90 Å². The Labute approximate surface area is 124 Å². The second kappa shape index (κ2) is 7.53. The fourth-order valence-electron chi connectivity index (χ4n) is 1.66. The molecule has 0 aliphatic rings. The van der Waals surface area contributed by atoms with E-state index >= 15 is 0 Å². The molecular weight excluding hydrogens is 296 g/mol. The number of nitrogens with zero attached hydrogens (tertiary/aromatic N) is 1. The average Bonchev–Trinajstić information content (AvgIpc) is 2.74. The summed E-state index contributed by atoms with van der Waals surface area (Å²) in [7, 11) is -4.00. The molecule has 0 aromatic carbocycles. The largest absolute Gasteiger partial charge is 0.380 e. The normalized spacial score (nSPS) is 11.9. The van der Waals surface area contributed by atoms with Crippen LogP contribution in [-0.2, 0) is 14.8 Å². The lowest BCUT2D eigenvalue weighted by atomic mass is 10.1. The lowest BCUT2D eigenvalue weighted by Crippen LogP contribution is -2.29. The molecule has 1 rings (SSSR count). The molecule has 0 spiro atoms. The van der Waals surface area contributed by atoms with E-state index in [0.29, 0.717) is 19.1 Å². The number of hydrogen-bond donors (Lipinski definition) is 3. The van der Waals surface area contributed by atoms with Crippen molar-refractivity contribution < 1.29 is 17.9 Å².